The van der Waals surface area contributed by atoms with Gasteiger partial charge in [0.25, 0.3) is 0 Å². The van der Waals surface area contributed by atoms with Crippen LogP contribution >= 0.6 is 0 Å². The van der Waals surface area contributed by atoms with E-state index >= 15 is 0 Å². The molecule has 0 amide bonds. The van der Waals surface area contributed by atoms with Gasteiger partial charge in [-0.05, 0) is 12.5 Å². The molecule has 0 spiro atoms. The van der Waals surface area contributed by atoms with Gasteiger partial charge in [-0.1, -0.05) is 25.1 Å². The van der Waals surface area contributed by atoms with Crippen LogP contribution in [0.4, 0.5) is 0 Å². The first-order valence-corrected chi connectivity index (χ1v) is 5.52. The van der Waals surface area contributed by atoms with Crippen LogP contribution in [0.5, 0.6) is 5.75 Å². The topological polar surface area (TPSA) is 47.3 Å². The number of hydrogen-bond acceptors (Lipinski definition) is 3. The Morgan fingerprint density at radius 3 is 3.13 bits per heavy atom. The molecule has 2 atom stereocenters. The summed E-state index contributed by atoms with van der Waals surface area (Å²) >= 11 is 0. The van der Waals surface area contributed by atoms with Gasteiger partial charge in [-0.25, -0.2) is 0 Å². The molecule has 0 aromatic heterocycles. The zero-order valence-corrected chi connectivity index (χ0v) is 9.07. The average Bonchev–Trinajstić information content (AvgIpc) is 2.69. The average molecular weight is 206 g/mol. The van der Waals surface area contributed by atoms with Crippen LogP contribution in [0.1, 0.15) is 24.9 Å². The maximum absolute atomic E-state index is 5.87. The van der Waals surface area contributed by atoms with Gasteiger partial charge in [-0.3, -0.25) is 0 Å². The van der Waals surface area contributed by atoms with Crippen molar-refractivity contribution in [3.8, 4) is 5.75 Å². The normalized spacial score (nSPS) is 20.8. The SMILES string of the molecule is CCC(N)CNC1COc2ccccc21. The molecule has 1 aromatic rings. The van der Waals surface area contributed by atoms with Crippen molar-refractivity contribution < 1.29 is 4.74 Å². The molecule has 82 valence electrons. The lowest BCUT2D eigenvalue weighted by Gasteiger charge is -2.15. The molecule has 0 aliphatic carbocycles. The van der Waals surface area contributed by atoms with Crippen LogP contribution in [-0.2, 0) is 0 Å². The third kappa shape index (κ3) is 2.30. The molecule has 1 heterocycles. The van der Waals surface area contributed by atoms with Crippen LogP contribution in [-0.4, -0.2) is 19.2 Å². The minimum Gasteiger partial charge on any atom is -0.491 e. The van der Waals surface area contributed by atoms with E-state index in [2.05, 4.69) is 18.3 Å². The van der Waals surface area contributed by atoms with E-state index in [0.717, 1.165) is 25.3 Å². The number of nitrogens with two attached hydrogens (primary N) is 1. The fourth-order valence-electron chi connectivity index (χ4n) is 1.77. The Morgan fingerprint density at radius 2 is 2.33 bits per heavy atom. The summed E-state index contributed by atoms with van der Waals surface area (Å²) in [6.07, 6.45) is 1.00. The first kappa shape index (κ1) is 10.5. The highest BCUT2D eigenvalue weighted by Crippen LogP contribution is 2.31. The lowest BCUT2D eigenvalue weighted by Crippen LogP contribution is -2.35. The van der Waals surface area contributed by atoms with Gasteiger partial charge in [0.1, 0.15) is 12.4 Å². The quantitative estimate of drug-likeness (QED) is 0.783. The second-order valence-corrected chi connectivity index (χ2v) is 3.98. The second-order valence-electron chi connectivity index (χ2n) is 3.98. The molecule has 0 saturated carbocycles. The van der Waals surface area contributed by atoms with E-state index in [4.69, 9.17) is 10.5 Å². The van der Waals surface area contributed by atoms with Crippen LogP contribution < -0.4 is 15.8 Å². The molecule has 1 aliphatic heterocycles. The molecular weight excluding hydrogens is 188 g/mol. The highest BCUT2D eigenvalue weighted by molar-refractivity contribution is 5.39. The fraction of sp³-hybridized carbons (Fsp3) is 0.500. The van der Waals surface area contributed by atoms with Crippen LogP contribution in [0.25, 0.3) is 0 Å². The van der Waals surface area contributed by atoms with Gasteiger partial charge in [0.2, 0.25) is 0 Å². The molecule has 1 aliphatic rings. The molecule has 3 nitrogen and oxygen atoms in total. The molecule has 0 saturated heterocycles. The van der Waals surface area contributed by atoms with Gasteiger partial charge in [0.05, 0.1) is 6.04 Å². The summed E-state index contributed by atoms with van der Waals surface area (Å²) in [4.78, 5) is 0. The lowest BCUT2D eigenvalue weighted by molar-refractivity contribution is 0.308. The predicted octanol–water partition coefficient (Wildman–Crippen LogP) is 1.45. The Hall–Kier alpha value is -1.06. The summed E-state index contributed by atoms with van der Waals surface area (Å²) in [7, 11) is 0. The van der Waals surface area contributed by atoms with E-state index in [-0.39, 0.29) is 6.04 Å². The van der Waals surface area contributed by atoms with Gasteiger partial charge in [-0.2, -0.15) is 0 Å². The Morgan fingerprint density at radius 1 is 1.53 bits per heavy atom. The van der Waals surface area contributed by atoms with Gasteiger partial charge >= 0.3 is 0 Å². The zero-order chi connectivity index (χ0) is 10.7. The summed E-state index contributed by atoms with van der Waals surface area (Å²) in [6.45, 7) is 3.67. The van der Waals surface area contributed by atoms with Gasteiger partial charge < -0.3 is 15.8 Å². The summed E-state index contributed by atoms with van der Waals surface area (Å²) < 4.78 is 5.57. The number of fused-ring (bicyclic) bond motifs is 1. The molecule has 0 fully saturated rings. The summed E-state index contributed by atoms with van der Waals surface area (Å²) in [5.41, 5.74) is 7.12. The Kier molecular flexibility index (Phi) is 3.23. The van der Waals surface area contributed by atoms with Crippen molar-refractivity contribution in [1.29, 1.82) is 0 Å². The first-order valence-electron chi connectivity index (χ1n) is 5.52. The number of benzene rings is 1. The summed E-state index contributed by atoms with van der Waals surface area (Å²) in [5, 5.41) is 3.44. The Balaban J connectivity index is 1.96. The van der Waals surface area contributed by atoms with E-state index in [1.807, 2.05) is 18.2 Å². The van der Waals surface area contributed by atoms with Gasteiger partial charge in [-0.15, -0.1) is 0 Å². The largest absolute Gasteiger partial charge is 0.491 e. The van der Waals surface area contributed by atoms with E-state index in [1.54, 1.807) is 0 Å². The van der Waals surface area contributed by atoms with Crippen LogP contribution in [0.2, 0.25) is 0 Å². The number of rotatable bonds is 4. The maximum Gasteiger partial charge on any atom is 0.124 e. The highest BCUT2D eigenvalue weighted by Gasteiger charge is 2.22. The molecular formula is C12H18N2O. The molecule has 2 unspecified atom stereocenters. The van der Waals surface area contributed by atoms with E-state index in [1.165, 1.54) is 5.56 Å². The van der Waals surface area contributed by atoms with Crippen molar-refractivity contribution in [2.24, 2.45) is 5.73 Å². The van der Waals surface area contributed by atoms with Crippen LogP contribution in [0.3, 0.4) is 0 Å². The Bertz CT molecular complexity index is 327. The third-order valence-corrected chi connectivity index (χ3v) is 2.85. The molecule has 0 radical (unpaired) electrons. The molecule has 15 heavy (non-hydrogen) atoms. The van der Waals surface area contributed by atoms with Crippen molar-refractivity contribution in [2.45, 2.75) is 25.4 Å². The Labute approximate surface area is 90.6 Å². The van der Waals surface area contributed by atoms with Crippen LogP contribution in [0, 0.1) is 0 Å². The number of ether oxygens (including phenoxy) is 1. The predicted molar refractivity (Wildman–Crippen MR) is 60.9 cm³/mol. The molecule has 2 rings (SSSR count). The van der Waals surface area contributed by atoms with Crippen molar-refractivity contribution in [3.05, 3.63) is 29.8 Å². The van der Waals surface area contributed by atoms with E-state index in [9.17, 15) is 0 Å². The number of nitrogens with one attached hydrogen (secondary N) is 1. The standard InChI is InChI=1S/C12H18N2O/c1-2-9(13)7-14-11-8-15-12-6-4-3-5-10(11)12/h3-6,9,11,14H,2,7-8,13H2,1H3. The van der Waals surface area contributed by atoms with E-state index < -0.39 is 0 Å². The second kappa shape index (κ2) is 4.64. The summed E-state index contributed by atoms with van der Waals surface area (Å²) in [6, 6.07) is 8.70. The van der Waals surface area contributed by atoms with Crippen molar-refractivity contribution in [1.82, 2.24) is 5.32 Å². The van der Waals surface area contributed by atoms with Crippen LogP contribution in [0.15, 0.2) is 24.3 Å². The maximum atomic E-state index is 5.87. The third-order valence-electron chi connectivity index (χ3n) is 2.85. The monoisotopic (exact) mass is 206 g/mol. The zero-order valence-electron chi connectivity index (χ0n) is 9.07. The van der Waals surface area contributed by atoms with Crippen molar-refractivity contribution in [2.75, 3.05) is 13.2 Å². The van der Waals surface area contributed by atoms with E-state index in [0.29, 0.717) is 6.04 Å². The molecule has 1 aromatic carbocycles. The molecule has 3 heteroatoms. The lowest BCUT2D eigenvalue weighted by atomic mass is 10.1. The first-order chi connectivity index (χ1) is 7.31. The molecule has 0 bridgehead atoms. The molecule has 3 N–H and O–H groups in total. The fourth-order valence-corrected chi connectivity index (χ4v) is 1.77. The smallest absolute Gasteiger partial charge is 0.124 e. The minimum atomic E-state index is 0.234. The van der Waals surface area contributed by atoms with Gasteiger partial charge in [0.15, 0.2) is 0 Å². The summed E-state index contributed by atoms with van der Waals surface area (Å²) in [5.74, 6) is 1.00. The van der Waals surface area contributed by atoms with Crippen molar-refractivity contribution in [3.63, 3.8) is 0 Å². The van der Waals surface area contributed by atoms with Crippen molar-refractivity contribution >= 4 is 0 Å². The minimum absolute atomic E-state index is 0.234. The van der Waals surface area contributed by atoms with Gasteiger partial charge in [0, 0.05) is 18.2 Å². The number of hydrogen-bond donors (Lipinski definition) is 2. The highest BCUT2D eigenvalue weighted by atomic mass is 16.5. The number of para-hydroxylation sites is 1.